The van der Waals surface area contributed by atoms with Crippen molar-refractivity contribution in [2.45, 2.75) is 25.3 Å². The zero-order valence-corrected chi connectivity index (χ0v) is 9.67. The molecular formula is C11H14N4O3. The molecule has 96 valence electrons. The molecule has 7 heteroatoms. The molecule has 7 nitrogen and oxygen atoms in total. The van der Waals surface area contributed by atoms with Gasteiger partial charge in [-0.3, -0.25) is 10.1 Å². The van der Waals surface area contributed by atoms with Gasteiger partial charge in [0.2, 0.25) is 5.95 Å². The van der Waals surface area contributed by atoms with Gasteiger partial charge in [0.05, 0.1) is 5.92 Å². The van der Waals surface area contributed by atoms with Crippen LogP contribution in [0.2, 0.25) is 0 Å². The SMILES string of the molecule is O=C(Nc1ncccn1)N[C@H]1CC[C@@H](C(=O)O)C1. The van der Waals surface area contributed by atoms with Crippen LogP contribution in [0.15, 0.2) is 18.5 Å². The van der Waals surface area contributed by atoms with E-state index in [1.54, 1.807) is 6.07 Å². The molecule has 0 unspecified atom stereocenters. The minimum Gasteiger partial charge on any atom is -0.481 e. The van der Waals surface area contributed by atoms with E-state index < -0.39 is 12.0 Å². The van der Waals surface area contributed by atoms with Crippen molar-refractivity contribution in [3.63, 3.8) is 0 Å². The second-order valence-electron chi connectivity index (χ2n) is 4.22. The highest BCUT2D eigenvalue weighted by atomic mass is 16.4. The number of urea groups is 1. The molecular weight excluding hydrogens is 236 g/mol. The summed E-state index contributed by atoms with van der Waals surface area (Å²) in [6.07, 6.45) is 4.80. The molecule has 18 heavy (non-hydrogen) atoms. The smallest absolute Gasteiger partial charge is 0.321 e. The zero-order valence-electron chi connectivity index (χ0n) is 9.67. The maximum absolute atomic E-state index is 11.6. The molecule has 1 fully saturated rings. The van der Waals surface area contributed by atoms with E-state index >= 15 is 0 Å². The van der Waals surface area contributed by atoms with Crippen LogP contribution in [0.3, 0.4) is 0 Å². The Hall–Kier alpha value is -2.18. The molecule has 2 amide bonds. The van der Waals surface area contributed by atoms with Gasteiger partial charge in [0.15, 0.2) is 0 Å². The normalized spacial score (nSPS) is 22.4. The summed E-state index contributed by atoms with van der Waals surface area (Å²) < 4.78 is 0. The standard InChI is InChI=1S/C11H14N4O3/c16-9(17)7-2-3-8(6-7)14-11(18)15-10-12-4-1-5-13-10/h1,4-5,7-8H,2-3,6H2,(H,16,17)(H2,12,13,14,15,18)/t7-,8+/m1/s1. The van der Waals surface area contributed by atoms with Crippen molar-refractivity contribution in [1.82, 2.24) is 15.3 Å². The van der Waals surface area contributed by atoms with Gasteiger partial charge in [-0.2, -0.15) is 0 Å². The van der Waals surface area contributed by atoms with Crippen molar-refractivity contribution in [1.29, 1.82) is 0 Å². The summed E-state index contributed by atoms with van der Waals surface area (Å²) in [5, 5.41) is 14.1. The lowest BCUT2D eigenvalue weighted by Gasteiger charge is -2.12. The molecule has 2 rings (SSSR count). The average Bonchev–Trinajstić information content (AvgIpc) is 2.78. The first kappa shape index (κ1) is 12.3. The molecule has 1 saturated carbocycles. The van der Waals surface area contributed by atoms with Gasteiger partial charge < -0.3 is 10.4 Å². The first-order chi connectivity index (χ1) is 8.65. The van der Waals surface area contributed by atoms with Crippen molar-refractivity contribution >= 4 is 17.9 Å². The summed E-state index contributed by atoms with van der Waals surface area (Å²) >= 11 is 0. The van der Waals surface area contributed by atoms with Gasteiger partial charge in [-0.05, 0) is 25.3 Å². The number of aliphatic carboxylic acids is 1. The van der Waals surface area contributed by atoms with Crippen LogP contribution >= 0.6 is 0 Å². The van der Waals surface area contributed by atoms with E-state index in [4.69, 9.17) is 5.11 Å². The molecule has 2 atom stereocenters. The van der Waals surface area contributed by atoms with Gasteiger partial charge in [-0.15, -0.1) is 0 Å². The predicted molar refractivity (Wildman–Crippen MR) is 63.0 cm³/mol. The molecule has 0 aliphatic heterocycles. The Morgan fingerprint density at radius 1 is 1.28 bits per heavy atom. The molecule has 1 heterocycles. The Balaban J connectivity index is 1.80. The van der Waals surface area contributed by atoms with E-state index in [0.717, 1.165) is 0 Å². The maximum Gasteiger partial charge on any atom is 0.321 e. The summed E-state index contributed by atoms with van der Waals surface area (Å²) in [5.74, 6) is -0.933. The van der Waals surface area contributed by atoms with Crippen LogP contribution in [-0.2, 0) is 4.79 Å². The average molecular weight is 250 g/mol. The number of anilines is 1. The lowest BCUT2D eigenvalue weighted by atomic mass is 10.1. The van der Waals surface area contributed by atoms with E-state index in [-0.39, 0.29) is 17.9 Å². The second kappa shape index (κ2) is 5.44. The van der Waals surface area contributed by atoms with Crippen LogP contribution < -0.4 is 10.6 Å². The number of nitrogens with zero attached hydrogens (tertiary/aromatic N) is 2. The molecule has 0 spiro atoms. The highest BCUT2D eigenvalue weighted by molar-refractivity contribution is 5.87. The van der Waals surface area contributed by atoms with Gasteiger partial charge in [0.1, 0.15) is 0 Å². The van der Waals surface area contributed by atoms with Gasteiger partial charge in [-0.1, -0.05) is 0 Å². The number of nitrogens with one attached hydrogen (secondary N) is 2. The van der Waals surface area contributed by atoms with Gasteiger partial charge in [0, 0.05) is 18.4 Å². The van der Waals surface area contributed by atoms with Crippen LogP contribution in [0, 0.1) is 5.92 Å². The van der Waals surface area contributed by atoms with Crippen LogP contribution in [0.5, 0.6) is 0 Å². The lowest BCUT2D eigenvalue weighted by Crippen LogP contribution is -2.37. The first-order valence-electron chi connectivity index (χ1n) is 5.72. The summed E-state index contributed by atoms with van der Waals surface area (Å²) in [5.41, 5.74) is 0. The Labute approximate surface area is 104 Å². The topological polar surface area (TPSA) is 104 Å². The third-order valence-corrected chi connectivity index (χ3v) is 2.91. The third-order valence-electron chi connectivity index (χ3n) is 2.91. The van der Waals surface area contributed by atoms with E-state index in [1.165, 1.54) is 12.4 Å². The van der Waals surface area contributed by atoms with Gasteiger partial charge >= 0.3 is 12.0 Å². The Kier molecular flexibility index (Phi) is 3.71. The number of hydrogen-bond donors (Lipinski definition) is 3. The highest BCUT2D eigenvalue weighted by Gasteiger charge is 2.30. The fourth-order valence-electron chi connectivity index (χ4n) is 2.02. The van der Waals surface area contributed by atoms with Gasteiger partial charge in [-0.25, -0.2) is 14.8 Å². The molecule has 0 radical (unpaired) electrons. The maximum atomic E-state index is 11.6. The summed E-state index contributed by atoms with van der Waals surface area (Å²) in [6.45, 7) is 0. The minimum atomic E-state index is -0.800. The van der Waals surface area contributed by atoms with Crippen LogP contribution in [0.4, 0.5) is 10.7 Å². The quantitative estimate of drug-likeness (QED) is 0.737. The van der Waals surface area contributed by atoms with E-state index in [1.807, 2.05) is 0 Å². The summed E-state index contributed by atoms with van der Waals surface area (Å²) in [7, 11) is 0. The Bertz CT molecular complexity index is 437. The van der Waals surface area contributed by atoms with Crippen LogP contribution in [0.1, 0.15) is 19.3 Å². The number of carbonyl (C=O) groups is 2. The number of aromatic nitrogens is 2. The monoisotopic (exact) mass is 250 g/mol. The number of carboxylic acids is 1. The lowest BCUT2D eigenvalue weighted by molar-refractivity contribution is -0.141. The number of carboxylic acid groups (broad SMARTS) is 1. The summed E-state index contributed by atoms with van der Waals surface area (Å²) in [4.78, 5) is 30.1. The highest BCUT2D eigenvalue weighted by Crippen LogP contribution is 2.25. The first-order valence-corrected chi connectivity index (χ1v) is 5.72. The van der Waals surface area contributed by atoms with Crippen LogP contribution in [-0.4, -0.2) is 33.1 Å². The third kappa shape index (κ3) is 3.16. The molecule has 1 aliphatic carbocycles. The second-order valence-corrected chi connectivity index (χ2v) is 4.22. The fraction of sp³-hybridized carbons (Fsp3) is 0.455. The predicted octanol–water partition coefficient (Wildman–Crippen LogP) is 0.851. The molecule has 0 saturated heterocycles. The van der Waals surface area contributed by atoms with Crippen molar-refractivity contribution < 1.29 is 14.7 Å². The molecule has 1 aliphatic rings. The van der Waals surface area contributed by atoms with Crippen molar-refractivity contribution in [3.05, 3.63) is 18.5 Å². The largest absolute Gasteiger partial charge is 0.481 e. The van der Waals surface area contributed by atoms with Crippen LogP contribution in [0.25, 0.3) is 0 Å². The number of rotatable bonds is 3. The molecule has 1 aromatic rings. The van der Waals surface area contributed by atoms with E-state index in [0.29, 0.717) is 19.3 Å². The van der Waals surface area contributed by atoms with E-state index in [2.05, 4.69) is 20.6 Å². The minimum absolute atomic E-state index is 0.102. The molecule has 0 bridgehead atoms. The van der Waals surface area contributed by atoms with E-state index in [9.17, 15) is 9.59 Å². The van der Waals surface area contributed by atoms with Crippen molar-refractivity contribution in [2.24, 2.45) is 5.92 Å². The van der Waals surface area contributed by atoms with Gasteiger partial charge in [0.25, 0.3) is 0 Å². The zero-order chi connectivity index (χ0) is 13.0. The summed E-state index contributed by atoms with van der Waals surface area (Å²) in [6, 6.07) is 1.14. The molecule has 3 N–H and O–H groups in total. The van der Waals surface area contributed by atoms with Crippen molar-refractivity contribution in [2.75, 3.05) is 5.32 Å². The number of amides is 2. The number of carbonyl (C=O) groups excluding carboxylic acids is 1. The Morgan fingerprint density at radius 3 is 2.61 bits per heavy atom. The number of hydrogen-bond acceptors (Lipinski definition) is 4. The Morgan fingerprint density at radius 2 is 2.00 bits per heavy atom. The molecule has 1 aromatic heterocycles. The molecule has 0 aromatic carbocycles. The van der Waals surface area contributed by atoms with Crippen molar-refractivity contribution in [3.8, 4) is 0 Å². The fourth-order valence-corrected chi connectivity index (χ4v) is 2.02.